The zero-order chi connectivity index (χ0) is 15.9. The van der Waals surface area contributed by atoms with Crippen LogP contribution in [0.3, 0.4) is 0 Å². The molecule has 0 bridgehead atoms. The summed E-state index contributed by atoms with van der Waals surface area (Å²) in [7, 11) is 1.54. The number of aryl methyl sites for hydroxylation is 1. The minimum absolute atomic E-state index is 0.0428. The fourth-order valence-corrected chi connectivity index (χ4v) is 4.58. The van der Waals surface area contributed by atoms with Crippen LogP contribution in [0, 0.1) is 5.92 Å². The fourth-order valence-electron chi connectivity index (χ4n) is 3.14. The van der Waals surface area contributed by atoms with Crippen LogP contribution in [0.15, 0.2) is 10.9 Å². The van der Waals surface area contributed by atoms with Crippen molar-refractivity contribution < 1.29 is 14.6 Å². The van der Waals surface area contributed by atoms with E-state index in [1.165, 1.54) is 16.6 Å². The molecule has 0 saturated carbocycles. The zero-order valence-electron chi connectivity index (χ0n) is 12.7. The number of ether oxygens (including phenoxy) is 1. The number of hydrogen-bond acceptors (Lipinski definition) is 4. The van der Waals surface area contributed by atoms with Crippen LogP contribution >= 0.6 is 11.3 Å². The van der Waals surface area contributed by atoms with E-state index in [0.717, 1.165) is 29.5 Å². The predicted octanol–water partition coefficient (Wildman–Crippen LogP) is 2.53. The molecule has 3 rings (SSSR count). The Labute approximate surface area is 132 Å². The predicted molar refractivity (Wildman–Crippen MR) is 86.1 cm³/mol. The average Bonchev–Trinajstić information content (AvgIpc) is 2.83. The summed E-state index contributed by atoms with van der Waals surface area (Å²) < 4.78 is 7.14. The summed E-state index contributed by atoms with van der Waals surface area (Å²) in [5, 5.41) is 10.1. The highest BCUT2D eigenvalue weighted by molar-refractivity contribution is 7.19. The highest BCUT2D eigenvalue weighted by Crippen LogP contribution is 2.36. The molecule has 6 heteroatoms. The molecular formula is C16H19NO4S. The molecule has 22 heavy (non-hydrogen) atoms. The molecule has 0 aromatic carbocycles. The van der Waals surface area contributed by atoms with Gasteiger partial charge in [0.25, 0.3) is 5.56 Å². The lowest BCUT2D eigenvalue weighted by atomic mass is 9.89. The van der Waals surface area contributed by atoms with E-state index in [9.17, 15) is 14.7 Å². The van der Waals surface area contributed by atoms with Crippen molar-refractivity contribution in [3.63, 3.8) is 0 Å². The number of thiophene rings is 1. The first-order chi connectivity index (χ1) is 10.5. The number of carboxylic acids is 1. The largest absolute Gasteiger partial charge is 0.477 e. The van der Waals surface area contributed by atoms with Crippen molar-refractivity contribution in [1.82, 2.24) is 4.57 Å². The molecule has 2 aromatic rings. The Morgan fingerprint density at radius 1 is 1.55 bits per heavy atom. The van der Waals surface area contributed by atoms with Crippen LogP contribution in [0.4, 0.5) is 0 Å². The second-order valence-corrected chi connectivity index (χ2v) is 7.01. The molecule has 0 spiro atoms. The molecule has 1 aliphatic carbocycles. The van der Waals surface area contributed by atoms with E-state index in [1.54, 1.807) is 17.4 Å². The van der Waals surface area contributed by atoms with Gasteiger partial charge in [0.15, 0.2) is 0 Å². The summed E-state index contributed by atoms with van der Waals surface area (Å²) in [6, 6.07) is 1.64. The van der Waals surface area contributed by atoms with Gasteiger partial charge in [-0.3, -0.25) is 9.36 Å². The van der Waals surface area contributed by atoms with Crippen LogP contribution in [-0.2, 0) is 24.1 Å². The van der Waals surface area contributed by atoms with E-state index in [1.807, 2.05) is 0 Å². The maximum absolute atomic E-state index is 12.8. The number of aromatic carboxylic acids is 1. The Morgan fingerprint density at radius 2 is 2.32 bits per heavy atom. The van der Waals surface area contributed by atoms with Crippen molar-refractivity contribution in [2.75, 3.05) is 13.7 Å². The normalized spacial score (nSPS) is 17.6. The summed E-state index contributed by atoms with van der Waals surface area (Å²) >= 11 is 1.57. The Balaban J connectivity index is 2.25. The van der Waals surface area contributed by atoms with Crippen molar-refractivity contribution in [2.45, 2.75) is 32.7 Å². The second kappa shape index (κ2) is 5.85. The highest BCUT2D eigenvalue weighted by atomic mass is 32.1. The van der Waals surface area contributed by atoms with E-state index >= 15 is 0 Å². The number of methoxy groups -OCH3 is 1. The van der Waals surface area contributed by atoms with Gasteiger partial charge in [-0.25, -0.2) is 4.79 Å². The smallest absolute Gasteiger partial charge is 0.352 e. The number of fused-ring (bicyclic) bond motifs is 3. The molecule has 0 fully saturated rings. The maximum atomic E-state index is 12.8. The van der Waals surface area contributed by atoms with Crippen LogP contribution in [0.2, 0.25) is 0 Å². The maximum Gasteiger partial charge on any atom is 0.352 e. The van der Waals surface area contributed by atoms with Crippen molar-refractivity contribution in [1.29, 1.82) is 0 Å². The van der Waals surface area contributed by atoms with Gasteiger partial charge in [0.2, 0.25) is 0 Å². The molecule has 1 aliphatic rings. The summed E-state index contributed by atoms with van der Waals surface area (Å²) in [4.78, 5) is 25.5. The number of carbonyl (C=O) groups is 1. The van der Waals surface area contributed by atoms with E-state index in [4.69, 9.17) is 4.74 Å². The first-order valence-corrected chi connectivity index (χ1v) is 8.25. The van der Waals surface area contributed by atoms with E-state index in [0.29, 0.717) is 17.9 Å². The fraction of sp³-hybridized carbons (Fsp3) is 0.500. The first-order valence-electron chi connectivity index (χ1n) is 7.43. The van der Waals surface area contributed by atoms with Gasteiger partial charge in [-0.2, -0.15) is 0 Å². The molecule has 2 aromatic heterocycles. The lowest BCUT2D eigenvalue weighted by Gasteiger charge is -2.17. The molecule has 1 N–H and O–H groups in total. The first kappa shape index (κ1) is 15.2. The van der Waals surface area contributed by atoms with Crippen molar-refractivity contribution in [3.8, 4) is 0 Å². The van der Waals surface area contributed by atoms with Gasteiger partial charge in [0, 0.05) is 23.2 Å². The summed E-state index contributed by atoms with van der Waals surface area (Å²) in [5.74, 6) is -0.454. The Morgan fingerprint density at radius 3 is 3.00 bits per heavy atom. The van der Waals surface area contributed by atoms with Crippen molar-refractivity contribution in [3.05, 3.63) is 32.6 Å². The molecular weight excluding hydrogens is 302 g/mol. The topological polar surface area (TPSA) is 68.5 Å². The quantitative estimate of drug-likeness (QED) is 0.939. The Hall–Kier alpha value is -1.66. The third-order valence-corrected chi connectivity index (χ3v) is 5.50. The second-order valence-electron chi connectivity index (χ2n) is 5.88. The third kappa shape index (κ3) is 2.46. The Kier molecular flexibility index (Phi) is 4.06. The van der Waals surface area contributed by atoms with Gasteiger partial charge in [-0.15, -0.1) is 11.3 Å². The third-order valence-electron chi connectivity index (χ3n) is 4.29. The van der Waals surface area contributed by atoms with Crippen LogP contribution < -0.4 is 5.56 Å². The molecule has 0 amide bonds. The standard InChI is InChI=1S/C16H19NO4S/c1-9-3-4-10-12(7-9)22-13-8-11(16(19)20)17(5-6-21-2)15(18)14(10)13/h8-9H,3-7H2,1-2H3,(H,19,20). The van der Waals surface area contributed by atoms with E-state index < -0.39 is 5.97 Å². The summed E-state index contributed by atoms with van der Waals surface area (Å²) in [5.41, 5.74) is 0.978. The van der Waals surface area contributed by atoms with Gasteiger partial charge < -0.3 is 9.84 Å². The van der Waals surface area contributed by atoms with Crippen molar-refractivity contribution >= 4 is 27.4 Å². The SMILES string of the molecule is COCCn1c(C(=O)O)cc2sc3c(c2c1=O)CCC(C)C3. The molecule has 5 nitrogen and oxygen atoms in total. The molecule has 0 aliphatic heterocycles. The Bertz CT molecular complexity index is 790. The number of rotatable bonds is 4. The number of pyridine rings is 1. The summed E-state index contributed by atoms with van der Waals surface area (Å²) in [6.07, 6.45) is 2.97. The lowest BCUT2D eigenvalue weighted by molar-refractivity contribution is 0.0681. The minimum Gasteiger partial charge on any atom is -0.477 e. The lowest BCUT2D eigenvalue weighted by Crippen LogP contribution is -2.28. The van der Waals surface area contributed by atoms with Gasteiger partial charge >= 0.3 is 5.97 Å². The van der Waals surface area contributed by atoms with E-state index in [2.05, 4.69) is 6.92 Å². The summed E-state index contributed by atoms with van der Waals surface area (Å²) in [6.45, 7) is 2.79. The number of nitrogens with zero attached hydrogens (tertiary/aromatic N) is 1. The van der Waals surface area contributed by atoms with Gasteiger partial charge in [-0.1, -0.05) is 6.92 Å². The average molecular weight is 321 g/mol. The number of carboxylic acid groups (broad SMARTS) is 1. The molecule has 2 heterocycles. The molecule has 118 valence electrons. The van der Waals surface area contributed by atoms with E-state index in [-0.39, 0.29) is 17.8 Å². The molecule has 1 atom stereocenters. The van der Waals surface area contributed by atoms with Crippen LogP contribution in [-0.4, -0.2) is 29.4 Å². The van der Waals surface area contributed by atoms with Crippen LogP contribution in [0.25, 0.3) is 10.1 Å². The molecule has 0 saturated heterocycles. The van der Waals surface area contributed by atoms with Crippen LogP contribution in [0.5, 0.6) is 0 Å². The molecule has 0 radical (unpaired) electrons. The minimum atomic E-state index is -1.07. The van der Waals surface area contributed by atoms with Crippen LogP contribution in [0.1, 0.15) is 34.3 Å². The highest BCUT2D eigenvalue weighted by Gasteiger charge is 2.24. The van der Waals surface area contributed by atoms with Gasteiger partial charge in [0.05, 0.1) is 12.0 Å². The molecule has 1 unspecified atom stereocenters. The number of hydrogen-bond donors (Lipinski definition) is 1. The van der Waals surface area contributed by atoms with Gasteiger partial charge in [-0.05, 0) is 36.8 Å². The van der Waals surface area contributed by atoms with Crippen molar-refractivity contribution in [2.24, 2.45) is 5.92 Å². The van der Waals surface area contributed by atoms with Gasteiger partial charge in [0.1, 0.15) is 5.69 Å². The zero-order valence-corrected chi connectivity index (χ0v) is 13.5. The number of aromatic nitrogens is 1. The monoisotopic (exact) mass is 321 g/mol.